The number of rotatable bonds is 2. The van der Waals surface area contributed by atoms with Gasteiger partial charge in [0.1, 0.15) is 5.75 Å². The maximum Gasteiger partial charge on any atom is 0.123 e. The van der Waals surface area contributed by atoms with Gasteiger partial charge in [0.25, 0.3) is 0 Å². The monoisotopic (exact) mass is 189 g/mol. The molecule has 0 bridgehead atoms. The third kappa shape index (κ3) is 1.54. The molecule has 0 atom stereocenters. The van der Waals surface area contributed by atoms with E-state index in [1.54, 1.807) is 25.7 Å². The van der Waals surface area contributed by atoms with Crippen LogP contribution in [0.15, 0.2) is 36.9 Å². The second-order valence-corrected chi connectivity index (χ2v) is 2.93. The highest BCUT2D eigenvalue weighted by Crippen LogP contribution is 2.20. The van der Waals surface area contributed by atoms with Gasteiger partial charge in [-0.05, 0) is 6.07 Å². The quantitative estimate of drug-likeness (QED) is 0.728. The molecule has 0 saturated carbocycles. The lowest BCUT2D eigenvalue weighted by molar-refractivity contribution is 0.415. The van der Waals surface area contributed by atoms with Crippen molar-refractivity contribution in [2.24, 2.45) is 0 Å². The van der Waals surface area contributed by atoms with Gasteiger partial charge in [0, 0.05) is 30.2 Å². The second kappa shape index (κ2) is 3.41. The molecule has 0 unspecified atom stereocenters. The molecule has 0 fully saturated rings. The van der Waals surface area contributed by atoms with Gasteiger partial charge in [0.2, 0.25) is 0 Å². The predicted octanol–water partition coefficient (Wildman–Crippen LogP) is 1.46. The zero-order chi connectivity index (χ0) is 9.97. The number of imidazole rings is 1. The Bertz CT molecular complexity index is 423. The van der Waals surface area contributed by atoms with E-state index in [4.69, 9.17) is 10.5 Å². The fraction of sp³-hybridized carbons (Fsp3) is 0.100. The number of ether oxygens (including phenoxy) is 1. The first-order chi connectivity index (χ1) is 6.79. The molecule has 0 radical (unpaired) electrons. The summed E-state index contributed by atoms with van der Waals surface area (Å²) >= 11 is 0. The van der Waals surface area contributed by atoms with Crippen LogP contribution in [0.5, 0.6) is 5.75 Å². The van der Waals surface area contributed by atoms with E-state index >= 15 is 0 Å². The number of anilines is 1. The standard InChI is InChI=1S/C10H11N3O/c1-14-10-5-8(11)4-9(6-10)13-3-2-12-7-13/h2-7H,11H2,1H3. The van der Waals surface area contributed by atoms with Crippen LogP contribution in [-0.2, 0) is 0 Å². The van der Waals surface area contributed by atoms with Gasteiger partial charge >= 0.3 is 0 Å². The van der Waals surface area contributed by atoms with E-state index in [-0.39, 0.29) is 0 Å². The fourth-order valence-corrected chi connectivity index (χ4v) is 1.28. The van der Waals surface area contributed by atoms with Crippen LogP contribution in [0, 0.1) is 0 Å². The number of nitrogens with two attached hydrogens (primary N) is 1. The van der Waals surface area contributed by atoms with Crippen molar-refractivity contribution >= 4 is 5.69 Å². The first-order valence-electron chi connectivity index (χ1n) is 4.22. The molecule has 0 amide bonds. The van der Waals surface area contributed by atoms with Crippen molar-refractivity contribution in [2.45, 2.75) is 0 Å². The lowest BCUT2D eigenvalue weighted by atomic mass is 10.2. The summed E-state index contributed by atoms with van der Waals surface area (Å²) in [5.41, 5.74) is 7.35. The molecule has 4 nitrogen and oxygen atoms in total. The molecule has 1 aromatic heterocycles. The Kier molecular flexibility index (Phi) is 2.10. The van der Waals surface area contributed by atoms with Crippen LogP contribution in [0.3, 0.4) is 0 Å². The molecule has 72 valence electrons. The lowest BCUT2D eigenvalue weighted by Gasteiger charge is -2.06. The van der Waals surface area contributed by atoms with Gasteiger partial charge in [-0.3, -0.25) is 0 Å². The Balaban J connectivity index is 2.48. The van der Waals surface area contributed by atoms with Gasteiger partial charge in [-0.15, -0.1) is 0 Å². The molecule has 0 aliphatic carbocycles. The highest BCUT2D eigenvalue weighted by atomic mass is 16.5. The minimum atomic E-state index is 0.674. The first-order valence-corrected chi connectivity index (χ1v) is 4.22. The van der Waals surface area contributed by atoms with Crippen molar-refractivity contribution in [3.8, 4) is 11.4 Å². The lowest BCUT2D eigenvalue weighted by Crippen LogP contribution is -1.94. The fourth-order valence-electron chi connectivity index (χ4n) is 1.28. The summed E-state index contributed by atoms with van der Waals surface area (Å²) in [6.45, 7) is 0. The van der Waals surface area contributed by atoms with E-state index in [0.717, 1.165) is 11.4 Å². The number of aromatic nitrogens is 2. The Labute approximate surface area is 81.9 Å². The molecule has 2 rings (SSSR count). The van der Waals surface area contributed by atoms with Gasteiger partial charge in [0.15, 0.2) is 0 Å². The van der Waals surface area contributed by atoms with Crippen LogP contribution in [0.2, 0.25) is 0 Å². The molecule has 1 heterocycles. The number of methoxy groups -OCH3 is 1. The average molecular weight is 189 g/mol. The van der Waals surface area contributed by atoms with Crippen LogP contribution in [-0.4, -0.2) is 16.7 Å². The molecule has 1 aromatic carbocycles. The van der Waals surface area contributed by atoms with Crippen molar-refractivity contribution in [3.05, 3.63) is 36.9 Å². The van der Waals surface area contributed by atoms with Crippen LogP contribution < -0.4 is 10.5 Å². The molecule has 2 N–H and O–H groups in total. The Morgan fingerprint density at radius 3 is 2.86 bits per heavy atom. The van der Waals surface area contributed by atoms with E-state index in [2.05, 4.69) is 4.98 Å². The van der Waals surface area contributed by atoms with Crippen molar-refractivity contribution in [2.75, 3.05) is 12.8 Å². The van der Waals surface area contributed by atoms with Gasteiger partial charge in [-0.25, -0.2) is 4.98 Å². The highest BCUT2D eigenvalue weighted by Gasteiger charge is 2.00. The summed E-state index contributed by atoms with van der Waals surface area (Å²) in [4.78, 5) is 3.97. The van der Waals surface area contributed by atoms with E-state index < -0.39 is 0 Å². The number of nitrogen functional groups attached to an aromatic ring is 1. The van der Waals surface area contributed by atoms with Crippen molar-refractivity contribution in [1.29, 1.82) is 0 Å². The zero-order valence-corrected chi connectivity index (χ0v) is 7.84. The topological polar surface area (TPSA) is 53.1 Å². The zero-order valence-electron chi connectivity index (χ0n) is 7.84. The molecule has 0 aliphatic heterocycles. The summed E-state index contributed by atoms with van der Waals surface area (Å²) in [5.74, 6) is 0.744. The Morgan fingerprint density at radius 1 is 1.36 bits per heavy atom. The van der Waals surface area contributed by atoms with E-state index in [9.17, 15) is 0 Å². The average Bonchev–Trinajstić information content (AvgIpc) is 2.69. The SMILES string of the molecule is COc1cc(N)cc(-n2ccnc2)c1. The Hall–Kier alpha value is -1.97. The third-order valence-corrected chi connectivity index (χ3v) is 1.95. The second-order valence-electron chi connectivity index (χ2n) is 2.93. The van der Waals surface area contributed by atoms with Crippen molar-refractivity contribution in [3.63, 3.8) is 0 Å². The van der Waals surface area contributed by atoms with Gasteiger partial charge in [-0.1, -0.05) is 0 Å². The molecular formula is C10H11N3O. The maximum absolute atomic E-state index is 5.73. The Morgan fingerprint density at radius 2 is 2.21 bits per heavy atom. The summed E-state index contributed by atoms with van der Waals surface area (Å²) < 4.78 is 6.99. The van der Waals surface area contributed by atoms with Gasteiger partial charge in [-0.2, -0.15) is 0 Å². The molecule has 2 aromatic rings. The maximum atomic E-state index is 5.73. The highest BCUT2D eigenvalue weighted by molar-refractivity contribution is 5.53. The van der Waals surface area contributed by atoms with Crippen LogP contribution >= 0.6 is 0 Å². The number of hydrogen-bond donors (Lipinski definition) is 1. The van der Waals surface area contributed by atoms with Crippen molar-refractivity contribution in [1.82, 2.24) is 9.55 Å². The minimum absolute atomic E-state index is 0.674. The molecule has 4 heteroatoms. The largest absolute Gasteiger partial charge is 0.497 e. The molecule has 14 heavy (non-hydrogen) atoms. The molecule has 0 aliphatic rings. The summed E-state index contributed by atoms with van der Waals surface area (Å²) in [5, 5.41) is 0. The van der Waals surface area contributed by atoms with E-state index in [0.29, 0.717) is 5.69 Å². The van der Waals surface area contributed by atoms with Crippen molar-refractivity contribution < 1.29 is 4.74 Å². The molecule has 0 spiro atoms. The van der Waals surface area contributed by atoms with Crippen LogP contribution in [0.4, 0.5) is 5.69 Å². The summed E-state index contributed by atoms with van der Waals surface area (Å²) in [6.07, 6.45) is 5.29. The molecule has 0 saturated heterocycles. The number of hydrogen-bond acceptors (Lipinski definition) is 3. The predicted molar refractivity (Wildman–Crippen MR) is 54.5 cm³/mol. The van der Waals surface area contributed by atoms with E-state index in [1.807, 2.05) is 22.9 Å². The number of nitrogens with zero attached hydrogens (tertiary/aromatic N) is 2. The molecular weight excluding hydrogens is 178 g/mol. The van der Waals surface area contributed by atoms with Gasteiger partial charge in [0.05, 0.1) is 19.1 Å². The third-order valence-electron chi connectivity index (χ3n) is 1.95. The smallest absolute Gasteiger partial charge is 0.123 e. The normalized spacial score (nSPS) is 10.1. The summed E-state index contributed by atoms with van der Waals surface area (Å²) in [7, 11) is 1.62. The van der Waals surface area contributed by atoms with Crippen LogP contribution in [0.1, 0.15) is 0 Å². The first kappa shape index (κ1) is 8.62. The minimum Gasteiger partial charge on any atom is -0.497 e. The summed E-state index contributed by atoms with van der Waals surface area (Å²) in [6, 6.07) is 5.54. The number of benzene rings is 1. The van der Waals surface area contributed by atoms with E-state index in [1.165, 1.54) is 0 Å². The van der Waals surface area contributed by atoms with Gasteiger partial charge < -0.3 is 15.0 Å². The van der Waals surface area contributed by atoms with Crippen LogP contribution in [0.25, 0.3) is 5.69 Å².